The van der Waals surface area contributed by atoms with Crippen LogP contribution in [0.2, 0.25) is 39.3 Å². The number of rotatable bonds is 5. The van der Waals surface area contributed by atoms with Crippen molar-refractivity contribution in [3.8, 4) is 5.75 Å². The van der Waals surface area contributed by atoms with Gasteiger partial charge in [0.05, 0.1) is 5.56 Å². The van der Waals surface area contributed by atoms with Gasteiger partial charge in [0.25, 0.3) is 0 Å². The number of phenols is 1. The molecule has 0 bridgehead atoms. The molecule has 122 valence electrons. The molecule has 0 atom stereocenters. The third-order valence-electron chi connectivity index (χ3n) is 2.90. The van der Waals surface area contributed by atoms with Gasteiger partial charge in [0.1, 0.15) is 12.3 Å². The van der Waals surface area contributed by atoms with E-state index < -0.39 is 16.6 Å². The van der Waals surface area contributed by atoms with Crippen LogP contribution in [0.15, 0.2) is 24.3 Å². The smallest absolute Gasteiger partial charge is 0.311 e. The number of para-hydroxylation sites is 1. The number of carbonyl (C=O) groups excluding carboxylic acids is 2. The molecule has 5 nitrogen and oxygen atoms in total. The summed E-state index contributed by atoms with van der Waals surface area (Å²) in [6, 6.07) is 6.38. The maximum atomic E-state index is 12.7. The fourth-order valence-electron chi connectivity index (χ4n) is 1.92. The average molecular weight is 340 g/mol. The van der Waals surface area contributed by atoms with Crippen LogP contribution in [0.5, 0.6) is 5.75 Å². The van der Waals surface area contributed by atoms with Crippen molar-refractivity contribution < 1.29 is 19.1 Å². The van der Waals surface area contributed by atoms with Gasteiger partial charge in [-0.25, -0.2) is 0 Å². The van der Waals surface area contributed by atoms with Gasteiger partial charge in [-0.15, -0.1) is 0 Å². The summed E-state index contributed by atoms with van der Waals surface area (Å²) < 4.78 is 7.01. The Labute approximate surface area is 134 Å². The Morgan fingerprint density at radius 2 is 1.64 bits per heavy atom. The number of phenolic OH excluding ortho intramolecular Hbond substituents is 1. The molecule has 0 fully saturated rings. The molecule has 1 aromatic carbocycles. The molecule has 0 aliphatic rings. The molecule has 0 heterocycles. The number of aromatic hydroxyl groups is 1. The first-order valence-corrected chi connectivity index (χ1v) is 14.1. The standard InChI is InChI=1S/C15H25NO4Si2/c1-21(2,3)16(11-14(18)20-22(4,5)6)15(19)12-9-7-8-10-13(12)17/h7-10,17H,11H2,1-6H3. The summed E-state index contributed by atoms with van der Waals surface area (Å²) in [4.78, 5) is 24.8. The fraction of sp³-hybridized carbons (Fsp3) is 0.467. The maximum absolute atomic E-state index is 12.7. The molecule has 1 N–H and O–H groups in total. The zero-order valence-corrected chi connectivity index (χ0v) is 16.1. The van der Waals surface area contributed by atoms with E-state index in [2.05, 4.69) is 0 Å². The van der Waals surface area contributed by atoms with E-state index in [1.54, 1.807) is 22.8 Å². The monoisotopic (exact) mass is 339 g/mol. The van der Waals surface area contributed by atoms with Crippen molar-refractivity contribution in [1.82, 2.24) is 4.57 Å². The van der Waals surface area contributed by atoms with Crippen LogP contribution in [0.3, 0.4) is 0 Å². The van der Waals surface area contributed by atoms with Crippen molar-refractivity contribution in [1.29, 1.82) is 0 Å². The molecular weight excluding hydrogens is 314 g/mol. The highest BCUT2D eigenvalue weighted by atomic mass is 28.4. The molecule has 0 aromatic heterocycles. The number of nitrogens with zero attached hydrogens (tertiary/aromatic N) is 1. The lowest BCUT2D eigenvalue weighted by atomic mass is 10.2. The zero-order chi connectivity index (χ0) is 17.1. The van der Waals surface area contributed by atoms with E-state index in [4.69, 9.17) is 4.43 Å². The largest absolute Gasteiger partial charge is 0.519 e. The van der Waals surface area contributed by atoms with Gasteiger partial charge >= 0.3 is 5.97 Å². The lowest BCUT2D eigenvalue weighted by Gasteiger charge is -2.34. The van der Waals surface area contributed by atoms with E-state index in [0.717, 1.165) is 0 Å². The third-order valence-corrected chi connectivity index (χ3v) is 5.72. The molecule has 7 heteroatoms. The van der Waals surface area contributed by atoms with Gasteiger partial charge < -0.3 is 14.1 Å². The van der Waals surface area contributed by atoms with Gasteiger partial charge in [0, 0.05) is 0 Å². The van der Waals surface area contributed by atoms with Gasteiger partial charge in [-0.05, 0) is 31.8 Å². The Morgan fingerprint density at radius 3 is 2.09 bits per heavy atom. The van der Waals surface area contributed by atoms with Crippen molar-refractivity contribution in [2.24, 2.45) is 0 Å². The van der Waals surface area contributed by atoms with Gasteiger partial charge in [0.15, 0.2) is 8.24 Å². The molecule has 1 amide bonds. The highest BCUT2D eigenvalue weighted by Crippen LogP contribution is 2.21. The first-order chi connectivity index (χ1) is 9.92. The van der Waals surface area contributed by atoms with E-state index in [9.17, 15) is 14.7 Å². The Balaban J connectivity index is 3.03. The van der Waals surface area contributed by atoms with Crippen molar-refractivity contribution in [2.45, 2.75) is 39.3 Å². The number of carbonyl (C=O) groups is 2. The lowest BCUT2D eigenvalue weighted by molar-refractivity contribution is -0.135. The van der Waals surface area contributed by atoms with E-state index in [0.29, 0.717) is 0 Å². The average Bonchev–Trinajstić information content (AvgIpc) is 2.32. The van der Waals surface area contributed by atoms with Crippen LogP contribution in [0.1, 0.15) is 10.4 Å². The molecule has 0 saturated heterocycles. The molecule has 0 saturated carbocycles. The molecular formula is C15H25NO4Si2. The van der Waals surface area contributed by atoms with Crippen LogP contribution in [0, 0.1) is 0 Å². The lowest BCUT2D eigenvalue weighted by Crippen LogP contribution is -2.53. The predicted molar refractivity (Wildman–Crippen MR) is 91.9 cm³/mol. The SMILES string of the molecule is C[Si](C)(C)OC(=O)CN(C(=O)c1ccccc1O)[Si](C)(C)C. The van der Waals surface area contributed by atoms with Crippen LogP contribution in [0.4, 0.5) is 0 Å². The van der Waals surface area contributed by atoms with Gasteiger partial charge in [0.2, 0.25) is 14.2 Å². The molecule has 0 spiro atoms. The Hall–Kier alpha value is -1.61. The van der Waals surface area contributed by atoms with Crippen LogP contribution in [-0.2, 0) is 9.22 Å². The second-order valence-corrected chi connectivity index (χ2v) is 16.5. The fourth-order valence-corrected chi connectivity index (χ4v) is 4.00. The number of hydrogen-bond acceptors (Lipinski definition) is 4. The number of amides is 1. The molecule has 1 rings (SSSR count). The highest BCUT2D eigenvalue weighted by Gasteiger charge is 2.33. The quantitative estimate of drug-likeness (QED) is 0.837. The summed E-state index contributed by atoms with van der Waals surface area (Å²) in [6.07, 6.45) is 0. The summed E-state index contributed by atoms with van der Waals surface area (Å²) in [5.74, 6) is -0.788. The molecule has 22 heavy (non-hydrogen) atoms. The highest BCUT2D eigenvalue weighted by molar-refractivity contribution is 6.76. The van der Waals surface area contributed by atoms with E-state index in [1.165, 1.54) is 6.07 Å². The van der Waals surface area contributed by atoms with Gasteiger partial charge in [-0.1, -0.05) is 31.8 Å². The van der Waals surface area contributed by atoms with Crippen molar-refractivity contribution in [2.75, 3.05) is 6.54 Å². The first kappa shape index (κ1) is 18.4. The minimum Gasteiger partial charge on any atom is -0.519 e. The molecule has 0 aliphatic carbocycles. The molecule has 1 aromatic rings. The van der Waals surface area contributed by atoms with Crippen LogP contribution in [0.25, 0.3) is 0 Å². The minimum atomic E-state index is -2.11. The van der Waals surface area contributed by atoms with Crippen molar-refractivity contribution >= 4 is 28.4 Å². The normalized spacial score (nSPS) is 11.9. The zero-order valence-electron chi connectivity index (χ0n) is 14.1. The molecule has 0 unspecified atom stereocenters. The van der Waals surface area contributed by atoms with E-state index in [1.807, 2.05) is 39.3 Å². The van der Waals surface area contributed by atoms with Crippen LogP contribution in [-0.4, -0.2) is 44.6 Å². The maximum Gasteiger partial charge on any atom is 0.311 e. The van der Waals surface area contributed by atoms with E-state index >= 15 is 0 Å². The summed E-state index contributed by atoms with van der Waals surface area (Å²) in [7, 11) is -4.10. The summed E-state index contributed by atoms with van der Waals surface area (Å²) in [5.41, 5.74) is 0.214. The molecule has 0 radical (unpaired) electrons. The Bertz CT molecular complexity index is 561. The Morgan fingerprint density at radius 1 is 1.09 bits per heavy atom. The number of hydrogen-bond donors (Lipinski definition) is 1. The van der Waals surface area contributed by atoms with E-state index in [-0.39, 0.29) is 29.7 Å². The summed E-state index contributed by atoms with van der Waals surface area (Å²) >= 11 is 0. The Kier molecular flexibility index (Phi) is 5.58. The third kappa shape index (κ3) is 5.30. The summed E-state index contributed by atoms with van der Waals surface area (Å²) in [5, 5.41) is 9.87. The predicted octanol–water partition coefficient (Wildman–Crippen LogP) is 3.05. The van der Waals surface area contributed by atoms with Gasteiger partial charge in [-0.2, -0.15) is 0 Å². The molecule has 0 aliphatic heterocycles. The van der Waals surface area contributed by atoms with Crippen LogP contribution >= 0.6 is 0 Å². The number of benzene rings is 1. The first-order valence-electron chi connectivity index (χ1n) is 7.23. The second-order valence-electron chi connectivity index (χ2n) is 7.17. The van der Waals surface area contributed by atoms with Crippen molar-refractivity contribution in [3.05, 3.63) is 29.8 Å². The minimum absolute atomic E-state index is 0.0747. The van der Waals surface area contributed by atoms with Crippen molar-refractivity contribution in [3.63, 3.8) is 0 Å². The second kappa shape index (κ2) is 6.66. The summed E-state index contributed by atoms with van der Waals surface area (Å²) in [6.45, 7) is 11.6. The van der Waals surface area contributed by atoms with Crippen LogP contribution < -0.4 is 0 Å². The van der Waals surface area contributed by atoms with Gasteiger partial charge in [-0.3, -0.25) is 9.59 Å². The topological polar surface area (TPSA) is 66.8 Å².